The Morgan fingerprint density at radius 2 is 2.14 bits per heavy atom. The monoisotopic (exact) mass is 348 g/mol. The van der Waals surface area contributed by atoms with Crippen molar-refractivity contribution < 1.29 is 17.9 Å². The number of hydrogen-bond acceptors (Lipinski definition) is 5. The van der Waals surface area contributed by atoms with E-state index in [1.807, 2.05) is 6.92 Å². The van der Waals surface area contributed by atoms with E-state index in [-0.39, 0.29) is 12.2 Å². The summed E-state index contributed by atoms with van der Waals surface area (Å²) in [7, 11) is -3.14. The van der Waals surface area contributed by atoms with E-state index in [1.54, 1.807) is 18.2 Å². The highest BCUT2D eigenvalue weighted by Gasteiger charge is 2.16. The fraction of sp³-hybridized carbons (Fsp3) is 0.500. The number of carbonyl (C=O) groups excluding carboxylic acids is 1. The number of hydrogen-bond donors (Lipinski definition) is 2. The average Bonchev–Trinajstić information content (AvgIpc) is 2.43. The van der Waals surface area contributed by atoms with Crippen LogP contribution in [-0.2, 0) is 14.6 Å². The summed E-state index contributed by atoms with van der Waals surface area (Å²) < 4.78 is 27.6. The van der Waals surface area contributed by atoms with Gasteiger partial charge >= 0.3 is 0 Å². The highest BCUT2D eigenvalue weighted by molar-refractivity contribution is 7.90. The molecule has 0 fully saturated rings. The maximum absolute atomic E-state index is 11.9. The zero-order valence-corrected chi connectivity index (χ0v) is 14.2. The van der Waals surface area contributed by atoms with Crippen molar-refractivity contribution >= 4 is 33.0 Å². The molecule has 1 aromatic carbocycles. The highest BCUT2D eigenvalue weighted by Crippen LogP contribution is 2.27. The Bertz CT molecular complexity index is 619. The Morgan fingerprint density at radius 1 is 1.45 bits per heavy atom. The third kappa shape index (κ3) is 6.64. The van der Waals surface area contributed by atoms with Gasteiger partial charge in [-0.2, -0.15) is 0 Å². The van der Waals surface area contributed by atoms with E-state index < -0.39 is 21.8 Å². The topological polar surface area (TPSA) is 98.5 Å². The lowest BCUT2D eigenvalue weighted by molar-refractivity contribution is -0.117. The Balaban J connectivity index is 2.62. The first-order valence-corrected chi connectivity index (χ1v) is 9.33. The summed E-state index contributed by atoms with van der Waals surface area (Å²) in [6.07, 6.45) is 2.03. The molecule has 0 radical (unpaired) electrons. The summed E-state index contributed by atoms with van der Waals surface area (Å²) in [6, 6.07) is 3.98. The van der Waals surface area contributed by atoms with Gasteiger partial charge in [0, 0.05) is 11.9 Å². The van der Waals surface area contributed by atoms with Crippen LogP contribution in [0.2, 0.25) is 5.02 Å². The zero-order valence-electron chi connectivity index (χ0n) is 12.6. The molecule has 1 rings (SSSR count). The van der Waals surface area contributed by atoms with Gasteiger partial charge in [-0.3, -0.25) is 4.79 Å². The predicted molar refractivity (Wildman–Crippen MR) is 88.2 cm³/mol. The minimum atomic E-state index is -3.14. The lowest BCUT2D eigenvalue weighted by Gasteiger charge is -2.13. The van der Waals surface area contributed by atoms with Crippen molar-refractivity contribution in [2.45, 2.75) is 25.8 Å². The Kier molecular flexibility index (Phi) is 7.12. The number of rotatable bonds is 8. The van der Waals surface area contributed by atoms with Crippen molar-refractivity contribution in [3.8, 4) is 5.75 Å². The van der Waals surface area contributed by atoms with Crippen molar-refractivity contribution in [1.29, 1.82) is 0 Å². The van der Waals surface area contributed by atoms with E-state index in [1.165, 1.54) is 0 Å². The van der Waals surface area contributed by atoms with Crippen LogP contribution < -0.4 is 15.8 Å². The number of nitrogens with one attached hydrogen (secondary N) is 1. The third-order valence-electron chi connectivity index (χ3n) is 2.80. The number of benzene rings is 1. The lowest BCUT2D eigenvalue weighted by Crippen LogP contribution is -2.37. The average molecular weight is 349 g/mol. The molecule has 1 unspecified atom stereocenters. The molecule has 22 heavy (non-hydrogen) atoms. The minimum absolute atomic E-state index is 0.0656. The van der Waals surface area contributed by atoms with E-state index in [2.05, 4.69) is 5.32 Å². The van der Waals surface area contributed by atoms with Crippen LogP contribution in [0.5, 0.6) is 5.75 Å². The fourth-order valence-electron chi connectivity index (χ4n) is 1.61. The Hall–Kier alpha value is -1.31. The Morgan fingerprint density at radius 3 is 2.68 bits per heavy atom. The molecule has 1 atom stereocenters. The van der Waals surface area contributed by atoms with Crippen LogP contribution in [0.15, 0.2) is 18.2 Å². The van der Waals surface area contributed by atoms with Gasteiger partial charge in [0.15, 0.2) is 0 Å². The number of anilines is 1. The van der Waals surface area contributed by atoms with E-state index in [0.29, 0.717) is 23.1 Å². The second-order valence-corrected chi connectivity index (χ2v) is 7.67. The van der Waals surface area contributed by atoms with Gasteiger partial charge in [0.2, 0.25) is 5.91 Å². The molecule has 0 aliphatic heterocycles. The lowest BCUT2D eigenvalue weighted by atomic mass is 10.2. The molecule has 1 amide bonds. The van der Waals surface area contributed by atoms with E-state index in [0.717, 1.165) is 12.7 Å². The molecule has 0 heterocycles. The summed E-state index contributed by atoms with van der Waals surface area (Å²) in [5.74, 6) is -0.0450. The molecule has 0 aliphatic rings. The van der Waals surface area contributed by atoms with Gasteiger partial charge in [-0.05, 0) is 31.0 Å². The smallest absolute Gasteiger partial charge is 0.241 e. The number of halogens is 1. The maximum Gasteiger partial charge on any atom is 0.241 e. The van der Waals surface area contributed by atoms with Crippen LogP contribution in [-0.4, -0.2) is 39.0 Å². The number of amides is 1. The Labute approximate surface area is 135 Å². The molecule has 124 valence electrons. The van der Waals surface area contributed by atoms with E-state index in [4.69, 9.17) is 22.1 Å². The molecule has 0 aliphatic carbocycles. The minimum Gasteiger partial charge on any atom is -0.492 e. The van der Waals surface area contributed by atoms with Crippen LogP contribution in [0, 0.1) is 0 Å². The molecular weight excluding hydrogens is 328 g/mol. The zero-order chi connectivity index (χ0) is 16.8. The SMILES string of the molecule is CCCOc1ccc(NC(=O)C(N)CCS(C)(=O)=O)cc1Cl. The van der Waals surface area contributed by atoms with Gasteiger partial charge in [0.25, 0.3) is 0 Å². The molecule has 0 aromatic heterocycles. The second kappa shape index (κ2) is 8.36. The molecule has 0 saturated heterocycles. The van der Waals surface area contributed by atoms with Gasteiger partial charge in [-0.1, -0.05) is 18.5 Å². The molecule has 6 nitrogen and oxygen atoms in total. The molecule has 0 bridgehead atoms. The second-order valence-electron chi connectivity index (χ2n) is 5.01. The number of sulfone groups is 1. The molecule has 8 heteroatoms. The first kappa shape index (κ1) is 18.7. The molecule has 0 saturated carbocycles. The summed E-state index contributed by atoms with van der Waals surface area (Å²) in [5, 5.41) is 2.99. The predicted octanol–water partition coefficient (Wildman–Crippen LogP) is 1.83. The molecule has 3 N–H and O–H groups in total. The number of ether oxygens (including phenoxy) is 1. The van der Waals surface area contributed by atoms with Crippen molar-refractivity contribution in [2.75, 3.05) is 23.9 Å². The van der Waals surface area contributed by atoms with Gasteiger partial charge in [-0.25, -0.2) is 8.42 Å². The van der Waals surface area contributed by atoms with Crippen LogP contribution in [0.1, 0.15) is 19.8 Å². The van der Waals surface area contributed by atoms with Crippen LogP contribution in [0.4, 0.5) is 5.69 Å². The number of nitrogens with two attached hydrogens (primary N) is 1. The van der Waals surface area contributed by atoms with Gasteiger partial charge in [-0.15, -0.1) is 0 Å². The summed E-state index contributed by atoms with van der Waals surface area (Å²) >= 11 is 6.06. The van der Waals surface area contributed by atoms with Crippen molar-refractivity contribution in [3.05, 3.63) is 23.2 Å². The van der Waals surface area contributed by atoms with Crippen LogP contribution >= 0.6 is 11.6 Å². The summed E-state index contributed by atoms with van der Waals surface area (Å²) in [5.41, 5.74) is 6.15. The quantitative estimate of drug-likeness (QED) is 0.746. The first-order chi connectivity index (χ1) is 10.2. The summed E-state index contributed by atoms with van der Waals surface area (Å²) in [4.78, 5) is 11.9. The first-order valence-electron chi connectivity index (χ1n) is 6.89. The van der Waals surface area contributed by atoms with Crippen molar-refractivity contribution in [3.63, 3.8) is 0 Å². The van der Waals surface area contributed by atoms with E-state index in [9.17, 15) is 13.2 Å². The van der Waals surface area contributed by atoms with E-state index >= 15 is 0 Å². The third-order valence-corrected chi connectivity index (χ3v) is 4.07. The van der Waals surface area contributed by atoms with Crippen molar-refractivity contribution in [2.24, 2.45) is 5.73 Å². The van der Waals surface area contributed by atoms with Gasteiger partial charge in [0.1, 0.15) is 15.6 Å². The standard InChI is InChI=1S/C14H21ClN2O4S/c1-3-7-21-13-5-4-10(9-11(13)15)17-14(18)12(16)6-8-22(2,19)20/h4-5,9,12H,3,6-8,16H2,1-2H3,(H,17,18). The number of carbonyl (C=O) groups is 1. The van der Waals surface area contributed by atoms with Crippen LogP contribution in [0.3, 0.4) is 0 Å². The maximum atomic E-state index is 11.9. The van der Waals surface area contributed by atoms with Crippen molar-refractivity contribution in [1.82, 2.24) is 0 Å². The normalized spacial score (nSPS) is 12.7. The largest absolute Gasteiger partial charge is 0.492 e. The van der Waals surface area contributed by atoms with Gasteiger partial charge < -0.3 is 15.8 Å². The molecule has 1 aromatic rings. The fourth-order valence-corrected chi connectivity index (χ4v) is 2.53. The summed E-state index contributed by atoms with van der Waals surface area (Å²) in [6.45, 7) is 2.54. The van der Waals surface area contributed by atoms with Crippen LogP contribution in [0.25, 0.3) is 0 Å². The van der Waals surface area contributed by atoms with Gasteiger partial charge in [0.05, 0.1) is 23.4 Å². The molecular formula is C14H21ClN2O4S. The molecule has 0 spiro atoms. The highest BCUT2D eigenvalue weighted by atomic mass is 35.5.